The highest BCUT2D eigenvalue weighted by Gasteiger charge is 2.24. The monoisotopic (exact) mass is 468 g/mol. The van der Waals surface area contributed by atoms with Crippen molar-refractivity contribution in [1.29, 1.82) is 0 Å². The smallest absolute Gasteiger partial charge is 0.294 e. The Bertz CT molecular complexity index is 1400. The third-order valence-corrected chi connectivity index (χ3v) is 5.63. The van der Waals surface area contributed by atoms with Crippen molar-refractivity contribution in [3.05, 3.63) is 134 Å². The van der Waals surface area contributed by atoms with Crippen molar-refractivity contribution in [2.24, 2.45) is 0 Å². The molecule has 0 fully saturated rings. The Morgan fingerprint density at radius 1 is 0.943 bits per heavy atom. The van der Waals surface area contributed by atoms with Crippen LogP contribution in [0.1, 0.15) is 27.3 Å². The predicted molar refractivity (Wildman–Crippen MR) is 133 cm³/mol. The van der Waals surface area contributed by atoms with E-state index in [9.17, 15) is 19.7 Å². The molecule has 3 aromatic carbocycles. The van der Waals surface area contributed by atoms with Crippen LogP contribution in [0, 0.1) is 17.0 Å². The number of hydrogen-bond donors (Lipinski definition) is 0. The number of nitro benzene ring substituents is 1. The molecule has 0 aliphatic carbocycles. The summed E-state index contributed by atoms with van der Waals surface area (Å²) >= 11 is 0. The van der Waals surface area contributed by atoms with E-state index in [0.717, 1.165) is 11.1 Å². The van der Waals surface area contributed by atoms with Gasteiger partial charge in [0.2, 0.25) is 5.43 Å². The maximum absolute atomic E-state index is 13.6. The molecule has 0 bridgehead atoms. The maximum atomic E-state index is 13.6. The molecule has 0 aliphatic rings. The van der Waals surface area contributed by atoms with E-state index < -0.39 is 16.3 Å². The van der Waals surface area contributed by atoms with Gasteiger partial charge in [-0.3, -0.25) is 19.7 Å². The van der Waals surface area contributed by atoms with Crippen molar-refractivity contribution in [2.75, 3.05) is 6.54 Å². The second-order valence-electron chi connectivity index (χ2n) is 8.10. The molecule has 4 aromatic rings. The van der Waals surface area contributed by atoms with Gasteiger partial charge in [-0.15, -0.1) is 0 Å². The zero-order chi connectivity index (χ0) is 24.8. The van der Waals surface area contributed by atoms with Crippen molar-refractivity contribution in [3.63, 3.8) is 0 Å². The molecule has 8 heteroatoms. The van der Waals surface area contributed by atoms with Gasteiger partial charge in [-0.2, -0.15) is 5.10 Å². The van der Waals surface area contributed by atoms with Crippen LogP contribution in [-0.4, -0.2) is 32.1 Å². The number of amides is 1. The number of carbonyl (C=O) groups is 1. The van der Waals surface area contributed by atoms with Gasteiger partial charge >= 0.3 is 0 Å². The van der Waals surface area contributed by atoms with Crippen molar-refractivity contribution >= 4 is 11.6 Å². The Balaban J connectivity index is 1.72. The van der Waals surface area contributed by atoms with Crippen LogP contribution in [0.4, 0.5) is 5.69 Å². The fourth-order valence-corrected chi connectivity index (χ4v) is 3.85. The first kappa shape index (κ1) is 23.6. The zero-order valence-corrected chi connectivity index (χ0v) is 19.2. The van der Waals surface area contributed by atoms with Crippen molar-refractivity contribution in [3.8, 4) is 5.69 Å². The Labute approximate surface area is 202 Å². The molecule has 1 heterocycles. The Hall–Kier alpha value is -4.59. The number of carbonyl (C=O) groups excluding carboxylic acids is 1. The lowest BCUT2D eigenvalue weighted by atomic mass is 10.1. The van der Waals surface area contributed by atoms with Gasteiger partial charge in [0.05, 0.1) is 4.92 Å². The summed E-state index contributed by atoms with van der Waals surface area (Å²) < 4.78 is 1.28. The SMILES string of the molecule is Cc1cc(=O)c(C(=O)N(CCc2ccccc2)Cc2ccccc2)nn1-c1ccccc1[N+](=O)[O-]. The molecular formula is C27H24N4O4. The van der Waals surface area contributed by atoms with E-state index in [-0.39, 0.29) is 17.1 Å². The summed E-state index contributed by atoms with van der Waals surface area (Å²) in [6.45, 7) is 2.29. The van der Waals surface area contributed by atoms with Gasteiger partial charge in [0.1, 0.15) is 5.69 Å². The van der Waals surface area contributed by atoms with Gasteiger partial charge in [-0.05, 0) is 30.5 Å². The molecule has 176 valence electrons. The average Bonchev–Trinajstić information content (AvgIpc) is 2.87. The maximum Gasteiger partial charge on any atom is 0.294 e. The standard InChI is InChI=1S/C27H24N4O4/c1-20-18-25(32)26(28-30(20)23-14-8-9-15-24(23)31(34)35)27(33)29(19-22-12-6-3-7-13-22)17-16-21-10-4-2-5-11-21/h2-15,18H,16-17,19H2,1H3. The third-order valence-electron chi connectivity index (χ3n) is 5.63. The summed E-state index contributed by atoms with van der Waals surface area (Å²) in [6.07, 6.45) is 0.601. The number of benzene rings is 3. The van der Waals surface area contributed by atoms with Gasteiger partial charge in [-0.1, -0.05) is 72.8 Å². The summed E-state index contributed by atoms with van der Waals surface area (Å²) in [5.74, 6) is -0.526. The van der Waals surface area contributed by atoms with E-state index in [0.29, 0.717) is 25.2 Å². The molecule has 0 radical (unpaired) electrons. The van der Waals surface area contributed by atoms with Crippen LogP contribution in [0.2, 0.25) is 0 Å². The normalized spacial score (nSPS) is 10.7. The molecular weight excluding hydrogens is 444 g/mol. The number of hydrogen-bond acceptors (Lipinski definition) is 5. The van der Waals surface area contributed by atoms with Crippen LogP contribution in [0.3, 0.4) is 0 Å². The highest BCUT2D eigenvalue weighted by Crippen LogP contribution is 2.22. The van der Waals surface area contributed by atoms with Crippen molar-refractivity contribution < 1.29 is 9.72 Å². The van der Waals surface area contributed by atoms with Gasteiger partial charge in [0.15, 0.2) is 5.69 Å². The molecule has 35 heavy (non-hydrogen) atoms. The summed E-state index contributed by atoms with van der Waals surface area (Å²) in [5, 5.41) is 15.9. The lowest BCUT2D eigenvalue weighted by Gasteiger charge is -2.23. The van der Waals surface area contributed by atoms with Crippen molar-refractivity contribution in [2.45, 2.75) is 19.9 Å². The number of rotatable bonds is 8. The molecule has 0 saturated heterocycles. The van der Waals surface area contributed by atoms with Crippen LogP contribution in [0.5, 0.6) is 0 Å². The number of nitro groups is 1. The van der Waals surface area contributed by atoms with Crippen LogP contribution in [-0.2, 0) is 13.0 Å². The Morgan fingerprint density at radius 3 is 2.20 bits per heavy atom. The first-order chi connectivity index (χ1) is 16.9. The van der Waals surface area contributed by atoms with Gasteiger partial charge < -0.3 is 4.90 Å². The first-order valence-electron chi connectivity index (χ1n) is 11.2. The topological polar surface area (TPSA) is 98.3 Å². The van der Waals surface area contributed by atoms with Gasteiger partial charge in [-0.25, -0.2) is 4.68 Å². The molecule has 0 saturated carbocycles. The zero-order valence-electron chi connectivity index (χ0n) is 19.2. The van der Waals surface area contributed by atoms with E-state index in [2.05, 4.69) is 5.10 Å². The quantitative estimate of drug-likeness (QED) is 0.283. The fourth-order valence-electron chi connectivity index (χ4n) is 3.85. The molecule has 1 amide bonds. The molecule has 1 aromatic heterocycles. The molecule has 8 nitrogen and oxygen atoms in total. The fraction of sp³-hybridized carbons (Fsp3) is 0.148. The van der Waals surface area contributed by atoms with E-state index in [1.54, 1.807) is 24.0 Å². The number of nitrogens with zero attached hydrogens (tertiary/aromatic N) is 4. The van der Waals surface area contributed by atoms with Gasteiger partial charge in [0, 0.05) is 30.9 Å². The second-order valence-corrected chi connectivity index (χ2v) is 8.10. The molecule has 0 unspecified atom stereocenters. The van der Waals surface area contributed by atoms with E-state index >= 15 is 0 Å². The number of para-hydroxylation sites is 2. The Kier molecular flexibility index (Phi) is 7.11. The predicted octanol–water partition coefficient (Wildman–Crippen LogP) is 4.33. The van der Waals surface area contributed by atoms with Crippen LogP contribution >= 0.6 is 0 Å². The minimum atomic E-state index is -0.528. The van der Waals surface area contributed by atoms with Gasteiger partial charge in [0.25, 0.3) is 11.6 Å². The highest BCUT2D eigenvalue weighted by atomic mass is 16.6. The molecule has 4 rings (SSSR count). The van der Waals surface area contributed by atoms with Crippen LogP contribution in [0.25, 0.3) is 5.69 Å². The first-order valence-corrected chi connectivity index (χ1v) is 11.2. The van der Waals surface area contributed by atoms with Crippen LogP contribution in [0.15, 0.2) is 95.8 Å². The molecule has 0 N–H and O–H groups in total. The highest BCUT2D eigenvalue weighted by molar-refractivity contribution is 5.92. The van der Waals surface area contributed by atoms with E-state index in [1.165, 1.54) is 22.9 Å². The Morgan fingerprint density at radius 2 is 1.54 bits per heavy atom. The summed E-state index contributed by atoms with van der Waals surface area (Å²) in [6, 6.07) is 26.6. The van der Waals surface area contributed by atoms with Crippen LogP contribution < -0.4 is 5.43 Å². The summed E-state index contributed by atoms with van der Waals surface area (Å²) in [7, 11) is 0. The average molecular weight is 469 g/mol. The molecule has 0 spiro atoms. The summed E-state index contributed by atoms with van der Waals surface area (Å²) in [4.78, 5) is 39.1. The molecule has 0 atom stereocenters. The number of aromatic nitrogens is 2. The minimum absolute atomic E-state index is 0.171. The second kappa shape index (κ2) is 10.6. The molecule has 0 aliphatic heterocycles. The number of aryl methyl sites for hydroxylation is 1. The van der Waals surface area contributed by atoms with E-state index in [4.69, 9.17) is 0 Å². The summed E-state index contributed by atoms with van der Waals surface area (Å²) in [5.41, 5.74) is 1.57. The van der Waals surface area contributed by atoms with E-state index in [1.807, 2.05) is 60.7 Å². The third kappa shape index (κ3) is 5.50. The lowest BCUT2D eigenvalue weighted by Crippen LogP contribution is -2.37. The minimum Gasteiger partial charge on any atom is -0.332 e. The largest absolute Gasteiger partial charge is 0.332 e. The van der Waals surface area contributed by atoms with Crippen molar-refractivity contribution in [1.82, 2.24) is 14.7 Å². The lowest BCUT2D eigenvalue weighted by molar-refractivity contribution is -0.384.